The second-order valence-corrected chi connectivity index (χ2v) is 10.3. The van der Waals surface area contributed by atoms with Crippen molar-refractivity contribution in [2.24, 2.45) is 5.73 Å². The molecule has 0 bridgehead atoms. The summed E-state index contributed by atoms with van der Waals surface area (Å²) < 4.78 is 32.2. The Morgan fingerprint density at radius 2 is 1.71 bits per heavy atom. The Kier molecular flexibility index (Phi) is 7.42. The van der Waals surface area contributed by atoms with Crippen LogP contribution in [0.4, 0.5) is 5.69 Å². The minimum absolute atomic E-state index is 0.0309. The number of unbranched alkanes of at least 4 members (excludes halogenated alkanes) is 1. The van der Waals surface area contributed by atoms with Crippen molar-refractivity contribution >= 4 is 28.0 Å². The number of anilines is 1. The number of hydrogen-bond donors (Lipinski definition) is 1. The van der Waals surface area contributed by atoms with Crippen LogP contribution in [0.5, 0.6) is 5.75 Å². The minimum atomic E-state index is -3.93. The number of likely N-dealkylation sites (tertiary alicyclic amines) is 1. The molecule has 172 valence electrons. The highest BCUT2D eigenvalue weighted by Gasteiger charge is 2.53. The molecule has 2 N–H and O–H groups in total. The van der Waals surface area contributed by atoms with Crippen molar-refractivity contribution in [2.75, 3.05) is 50.8 Å². The highest BCUT2D eigenvalue weighted by Crippen LogP contribution is 2.34. The maximum atomic E-state index is 13.4. The number of nitrogens with zero attached hydrogens (tertiary/aromatic N) is 3. The van der Waals surface area contributed by atoms with Gasteiger partial charge in [-0.05, 0) is 43.5 Å². The minimum Gasteiger partial charge on any atom is -0.494 e. The Morgan fingerprint density at radius 3 is 2.23 bits per heavy atom. The molecule has 0 saturated carbocycles. The molecule has 2 heterocycles. The van der Waals surface area contributed by atoms with Crippen molar-refractivity contribution < 1.29 is 22.7 Å². The van der Waals surface area contributed by atoms with Crippen molar-refractivity contribution in [3.8, 4) is 5.75 Å². The average Bonchev–Trinajstić information content (AvgIpc) is 2.79. The lowest BCUT2D eigenvalue weighted by Gasteiger charge is -2.43. The van der Waals surface area contributed by atoms with Gasteiger partial charge in [-0.2, -0.15) is 4.31 Å². The molecule has 2 saturated heterocycles. The van der Waals surface area contributed by atoms with Crippen LogP contribution in [0.25, 0.3) is 0 Å². The van der Waals surface area contributed by atoms with Gasteiger partial charge in [0.05, 0.1) is 6.61 Å². The van der Waals surface area contributed by atoms with Crippen LogP contribution in [0.1, 0.15) is 32.6 Å². The van der Waals surface area contributed by atoms with Gasteiger partial charge < -0.3 is 20.3 Å². The lowest BCUT2D eigenvalue weighted by Crippen LogP contribution is -2.63. The van der Waals surface area contributed by atoms with Gasteiger partial charge in [0.1, 0.15) is 5.75 Å². The van der Waals surface area contributed by atoms with E-state index in [1.165, 1.54) is 9.21 Å². The Hall–Kier alpha value is -2.33. The highest BCUT2D eigenvalue weighted by molar-refractivity contribution is 7.91. The fraction of sp³-hybridized carbons (Fsp3) is 0.619. The third-order valence-corrected chi connectivity index (χ3v) is 8.89. The van der Waals surface area contributed by atoms with E-state index in [2.05, 4.69) is 11.8 Å². The van der Waals surface area contributed by atoms with E-state index in [1.807, 2.05) is 24.3 Å². The van der Waals surface area contributed by atoms with E-state index in [0.29, 0.717) is 26.1 Å². The van der Waals surface area contributed by atoms with Crippen LogP contribution >= 0.6 is 0 Å². The molecule has 0 spiro atoms. The number of carbonyl (C=O) groups is 2. The number of amides is 2. The zero-order chi connectivity index (χ0) is 22.5. The summed E-state index contributed by atoms with van der Waals surface area (Å²) >= 11 is 0. The van der Waals surface area contributed by atoms with E-state index in [4.69, 9.17) is 10.5 Å². The highest BCUT2D eigenvalue weighted by atomic mass is 32.2. The van der Waals surface area contributed by atoms with Gasteiger partial charge in [0, 0.05) is 45.0 Å². The molecule has 0 radical (unpaired) electrons. The maximum absolute atomic E-state index is 13.4. The summed E-state index contributed by atoms with van der Waals surface area (Å²) in [5.41, 5.74) is 6.59. The van der Waals surface area contributed by atoms with Crippen molar-refractivity contribution in [1.82, 2.24) is 9.21 Å². The zero-order valence-corrected chi connectivity index (χ0v) is 18.8. The largest absolute Gasteiger partial charge is 0.494 e. The number of hydrogen-bond acceptors (Lipinski definition) is 6. The van der Waals surface area contributed by atoms with Gasteiger partial charge in [-0.1, -0.05) is 13.3 Å². The number of sulfonamides is 1. The predicted molar refractivity (Wildman–Crippen MR) is 118 cm³/mol. The average molecular weight is 453 g/mol. The second-order valence-electron chi connectivity index (χ2n) is 8.09. The first kappa shape index (κ1) is 23.3. The molecule has 0 aromatic heterocycles. The molecule has 31 heavy (non-hydrogen) atoms. The summed E-state index contributed by atoms with van der Waals surface area (Å²) in [4.78, 5) is 26.8. The maximum Gasteiger partial charge on any atom is 0.240 e. The van der Waals surface area contributed by atoms with Crippen LogP contribution in [-0.4, -0.2) is 80.6 Å². The van der Waals surface area contributed by atoms with Crippen LogP contribution < -0.4 is 15.4 Å². The summed E-state index contributed by atoms with van der Waals surface area (Å²) in [6, 6.07) is 7.81. The number of nitrogens with two attached hydrogens (primary N) is 1. The van der Waals surface area contributed by atoms with Gasteiger partial charge in [0.15, 0.2) is 4.75 Å². The van der Waals surface area contributed by atoms with E-state index in [-0.39, 0.29) is 39.0 Å². The topological polar surface area (TPSA) is 113 Å². The monoisotopic (exact) mass is 452 g/mol. The number of piperidine rings is 1. The van der Waals surface area contributed by atoms with Crippen LogP contribution in [0.3, 0.4) is 0 Å². The fourth-order valence-corrected chi connectivity index (χ4v) is 6.23. The normalized spacial score (nSPS) is 19.8. The first-order valence-electron chi connectivity index (χ1n) is 10.8. The number of rotatable bonds is 9. The molecule has 1 aromatic rings. The predicted octanol–water partition coefficient (Wildman–Crippen LogP) is 0.794. The van der Waals surface area contributed by atoms with Crippen LogP contribution in [0, 0.1) is 0 Å². The molecule has 0 aliphatic carbocycles. The smallest absolute Gasteiger partial charge is 0.240 e. The van der Waals surface area contributed by atoms with E-state index in [1.54, 1.807) is 0 Å². The molecular weight excluding hydrogens is 420 g/mol. The second kappa shape index (κ2) is 9.86. The van der Waals surface area contributed by atoms with E-state index in [9.17, 15) is 18.0 Å². The van der Waals surface area contributed by atoms with Gasteiger partial charge in [-0.25, -0.2) is 8.42 Å². The molecular formula is C21H32N4O5S. The first-order chi connectivity index (χ1) is 14.8. The zero-order valence-electron chi connectivity index (χ0n) is 18.0. The van der Waals surface area contributed by atoms with Crippen molar-refractivity contribution in [2.45, 2.75) is 37.4 Å². The first-order valence-corrected chi connectivity index (χ1v) is 12.2. The third kappa shape index (κ3) is 4.79. The van der Waals surface area contributed by atoms with E-state index < -0.39 is 20.7 Å². The molecule has 2 aliphatic heterocycles. The fourth-order valence-electron chi connectivity index (χ4n) is 4.14. The van der Waals surface area contributed by atoms with Crippen molar-refractivity contribution in [1.29, 1.82) is 0 Å². The summed E-state index contributed by atoms with van der Waals surface area (Å²) in [7, 11) is -3.93. The third-order valence-electron chi connectivity index (χ3n) is 6.24. The summed E-state index contributed by atoms with van der Waals surface area (Å²) in [6.07, 6.45) is 2.83. The van der Waals surface area contributed by atoms with Crippen LogP contribution in [-0.2, 0) is 19.6 Å². The Balaban J connectivity index is 1.64. The lowest BCUT2D eigenvalue weighted by atomic mass is 9.95. The number of ether oxygens (including phenoxy) is 1. The number of benzene rings is 1. The SMILES string of the molecule is CCCCOc1ccc(N2CCN(S(=O)(=O)C3(C(N)=O)CCN(C=O)CC3)CC2)cc1. The number of piperazine rings is 1. The lowest BCUT2D eigenvalue weighted by molar-refractivity contribution is -0.125. The molecule has 10 heteroatoms. The molecule has 3 rings (SSSR count). The Morgan fingerprint density at radius 1 is 1.10 bits per heavy atom. The van der Waals surface area contributed by atoms with Crippen molar-refractivity contribution in [3.63, 3.8) is 0 Å². The molecule has 9 nitrogen and oxygen atoms in total. The summed E-state index contributed by atoms with van der Waals surface area (Å²) in [6.45, 7) is 4.82. The van der Waals surface area contributed by atoms with Gasteiger partial charge in [0.25, 0.3) is 0 Å². The molecule has 1 aromatic carbocycles. The molecule has 2 fully saturated rings. The van der Waals surface area contributed by atoms with Gasteiger partial charge in [-0.15, -0.1) is 0 Å². The molecule has 2 amide bonds. The molecule has 2 aliphatic rings. The Labute approximate surface area is 184 Å². The van der Waals surface area contributed by atoms with Crippen LogP contribution in [0.2, 0.25) is 0 Å². The van der Waals surface area contributed by atoms with Gasteiger partial charge in [0.2, 0.25) is 22.3 Å². The summed E-state index contributed by atoms with van der Waals surface area (Å²) in [5.74, 6) is -0.0115. The number of carbonyl (C=O) groups excluding carboxylic acids is 2. The van der Waals surface area contributed by atoms with Crippen LogP contribution in [0.15, 0.2) is 24.3 Å². The Bertz CT molecular complexity index is 858. The quantitative estimate of drug-likeness (QED) is 0.438. The standard InChI is InChI=1S/C21H32N4O5S/c1-2-3-16-30-19-6-4-18(5-7-19)24-12-14-25(15-13-24)31(28,29)21(20(22)27)8-10-23(17-26)11-9-21/h4-7,17H,2-3,8-16H2,1H3,(H2,22,27). The summed E-state index contributed by atoms with van der Waals surface area (Å²) in [5, 5.41) is 0. The number of primary amides is 1. The van der Waals surface area contributed by atoms with E-state index >= 15 is 0 Å². The molecule has 0 atom stereocenters. The molecule has 0 unspecified atom stereocenters. The van der Waals surface area contributed by atoms with Gasteiger partial charge in [-0.3, -0.25) is 9.59 Å². The van der Waals surface area contributed by atoms with E-state index in [0.717, 1.165) is 24.3 Å². The van der Waals surface area contributed by atoms with Crippen molar-refractivity contribution in [3.05, 3.63) is 24.3 Å². The van der Waals surface area contributed by atoms with Gasteiger partial charge >= 0.3 is 0 Å².